The highest BCUT2D eigenvalue weighted by atomic mass is 19.1. The minimum absolute atomic E-state index is 0.0335. The van der Waals surface area contributed by atoms with Crippen LogP contribution in [0.5, 0.6) is 11.8 Å². The van der Waals surface area contributed by atoms with Gasteiger partial charge >= 0.3 is 6.01 Å². The van der Waals surface area contributed by atoms with Crippen LogP contribution in [0.2, 0.25) is 0 Å². The highest BCUT2D eigenvalue weighted by Gasteiger charge is 2.46. The molecule has 6 aliphatic rings. The predicted molar refractivity (Wildman–Crippen MR) is 249 cm³/mol. The van der Waals surface area contributed by atoms with E-state index in [1.165, 1.54) is 30.3 Å². The molecule has 3 atom stereocenters. The number of aromatic hydroxyl groups is 1. The summed E-state index contributed by atoms with van der Waals surface area (Å²) in [4.78, 5) is 44.8. The van der Waals surface area contributed by atoms with Crippen LogP contribution in [-0.2, 0) is 9.59 Å². The van der Waals surface area contributed by atoms with Crippen molar-refractivity contribution in [2.75, 3.05) is 67.5 Å². The van der Waals surface area contributed by atoms with Crippen LogP contribution < -0.4 is 30.5 Å². The maximum Gasteiger partial charge on any atom is 0.319 e. The Labute approximate surface area is 386 Å². The quantitative estimate of drug-likeness (QED) is 0.0808. The molecule has 4 N–H and O–H groups in total. The van der Waals surface area contributed by atoms with Crippen LogP contribution in [-0.4, -0.2) is 107 Å². The smallest absolute Gasteiger partial charge is 0.319 e. The molecule has 13 nitrogen and oxygen atoms in total. The number of aromatic nitrogens is 3. The fraction of sp³-hybridized carbons (Fsp3) is 0.471. The first kappa shape index (κ1) is 43.4. The molecule has 5 saturated heterocycles. The summed E-state index contributed by atoms with van der Waals surface area (Å²) in [6.45, 7) is 6.28. The summed E-state index contributed by atoms with van der Waals surface area (Å²) in [6.07, 6.45) is 16.3. The van der Waals surface area contributed by atoms with Crippen LogP contribution in [0.3, 0.4) is 0 Å². The molecule has 5 aromatic rings. The number of hydrogen-bond donors (Lipinski definition) is 4. The molecule has 5 aliphatic heterocycles. The van der Waals surface area contributed by atoms with Crippen molar-refractivity contribution >= 4 is 50.7 Å². The lowest BCUT2D eigenvalue weighted by atomic mass is 9.78. The normalized spacial score (nSPS) is 23.4. The summed E-state index contributed by atoms with van der Waals surface area (Å²) in [7, 11) is 0. The van der Waals surface area contributed by atoms with Crippen LogP contribution in [0.15, 0.2) is 48.7 Å². The van der Waals surface area contributed by atoms with Crippen LogP contribution in [0.1, 0.15) is 69.8 Å². The number of terminal acetylenes is 1. The first-order valence-electron chi connectivity index (χ1n) is 23.8. The molecule has 2 bridgehead atoms. The molecule has 2 amide bonds. The number of halogens is 3. The number of phenolic OH excluding ortho intramolecular Hbond substituents is 1. The van der Waals surface area contributed by atoms with Crippen LogP contribution >= 0.6 is 0 Å². The van der Waals surface area contributed by atoms with Gasteiger partial charge in [0.25, 0.3) is 0 Å². The number of piperazine rings is 1. The SMILES string of the molecule is C#Cc1c(F)ccc2cc(O)cc(-c3ncc4c(N5CC6CCC(C5)N6)nc(OCC5(CN6CCC(C7CCN(c8ccc(NC9CCC(=O)NC9=O)cc8F)CC7)CC6)CC5)nc4c3F)c12. The number of ether oxygens (including phenoxy) is 1. The number of likely N-dealkylation sites (tertiary alicyclic amines) is 1. The minimum atomic E-state index is -0.736. The zero-order valence-corrected chi connectivity index (χ0v) is 37.3. The predicted octanol–water partition coefficient (Wildman–Crippen LogP) is 6.89. The third-order valence-corrected chi connectivity index (χ3v) is 15.3. The van der Waals surface area contributed by atoms with E-state index in [0.717, 1.165) is 84.1 Å². The van der Waals surface area contributed by atoms with Gasteiger partial charge in [0.2, 0.25) is 11.8 Å². The maximum atomic E-state index is 17.1. The number of rotatable bonds is 11. The number of benzene rings is 3. The summed E-state index contributed by atoms with van der Waals surface area (Å²) in [5.41, 5.74) is 1.09. The van der Waals surface area contributed by atoms with Gasteiger partial charge in [-0.1, -0.05) is 12.0 Å². The Balaban J connectivity index is 0.748. The number of pyridine rings is 1. The van der Waals surface area contributed by atoms with Gasteiger partial charge in [-0.25, -0.2) is 13.2 Å². The molecule has 348 valence electrons. The highest BCUT2D eigenvalue weighted by molar-refractivity contribution is 6.03. The summed E-state index contributed by atoms with van der Waals surface area (Å²) in [5, 5.41) is 20.9. The van der Waals surface area contributed by atoms with E-state index in [4.69, 9.17) is 21.1 Å². The van der Waals surface area contributed by atoms with Gasteiger partial charge in [0.15, 0.2) is 5.82 Å². The molecule has 1 aliphatic carbocycles. The number of imide groups is 1. The van der Waals surface area contributed by atoms with Crippen molar-refractivity contribution in [3.05, 3.63) is 71.7 Å². The molecular weight excluding hydrogens is 860 g/mol. The van der Waals surface area contributed by atoms with Gasteiger partial charge in [-0.2, -0.15) is 9.97 Å². The minimum Gasteiger partial charge on any atom is -0.508 e. The number of hydrogen-bond acceptors (Lipinski definition) is 12. The van der Waals surface area contributed by atoms with Crippen LogP contribution in [0.25, 0.3) is 32.9 Å². The molecule has 2 aromatic heterocycles. The van der Waals surface area contributed by atoms with Gasteiger partial charge < -0.3 is 35.2 Å². The molecule has 7 heterocycles. The fourth-order valence-corrected chi connectivity index (χ4v) is 11.5. The Bertz CT molecular complexity index is 2810. The number of carbonyl (C=O) groups excluding carboxylic acids is 2. The lowest BCUT2D eigenvalue weighted by Crippen LogP contribution is -2.51. The van der Waals surface area contributed by atoms with Crippen molar-refractivity contribution in [1.82, 2.24) is 30.5 Å². The number of amides is 2. The zero-order valence-electron chi connectivity index (χ0n) is 37.3. The summed E-state index contributed by atoms with van der Waals surface area (Å²) < 4.78 is 54.0. The topological polar surface area (TPSA) is 148 Å². The monoisotopic (exact) mass is 913 g/mol. The Morgan fingerprint density at radius 3 is 2.33 bits per heavy atom. The van der Waals surface area contributed by atoms with Gasteiger partial charge in [0.1, 0.15) is 40.5 Å². The Kier molecular flexibility index (Phi) is 11.3. The number of phenols is 1. The second kappa shape index (κ2) is 17.5. The second-order valence-electron chi connectivity index (χ2n) is 19.8. The van der Waals surface area contributed by atoms with E-state index >= 15 is 13.2 Å². The van der Waals surface area contributed by atoms with Gasteiger partial charge in [0, 0.05) is 79.5 Å². The summed E-state index contributed by atoms with van der Waals surface area (Å²) in [5.74, 6) is 1.68. The van der Waals surface area contributed by atoms with Gasteiger partial charge in [-0.05, 0) is 124 Å². The van der Waals surface area contributed by atoms with Crippen molar-refractivity contribution in [2.24, 2.45) is 17.3 Å². The number of carbonyl (C=O) groups is 2. The first-order valence-corrected chi connectivity index (χ1v) is 23.8. The molecule has 67 heavy (non-hydrogen) atoms. The molecule has 0 radical (unpaired) electrons. The number of anilines is 3. The molecule has 3 unspecified atom stereocenters. The van der Waals surface area contributed by atoms with E-state index in [1.54, 1.807) is 18.3 Å². The Morgan fingerprint density at radius 2 is 1.63 bits per heavy atom. The van der Waals surface area contributed by atoms with E-state index in [2.05, 4.69) is 41.6 Å². The third kappa shape index (κ3) is 8.56. The summed E-state index contributed by atoms with van der Waals surface area (Å²) >= 11 is 0. The zero-order chi connectivity index (χ0) is 46.0. The van der Waals surface area contributed by atoms with E-state index < -0.39 is 17.7 Å². The van der Waals surface area contributed by atoms with Crippen molar-refractivity contribution in [3.8, 4) is 35.4 Å². The standard InChI is InChI=1S/C51H54F3N9O4/c1-2-36-39(52)7-3-31-21-35(64)23-37(44(31)36)46-45(54)47-38(24-55-46)48(63-25-33-4-5-34(26-63)56-33)60-50(59-47)67-28-51(15-16-51)27-61-17-11-29(12-18-61)30-13-19-62(20-14-30)42-9-6-32(22-40(42)53)57-41-8-10-43(65)58-49(41)66/h1,3,6-7,9,21-24,29-30,33-34,41,56-57,64H,4-5,8,10-20,25-28H2,(H,58,65,66). The average molecular weight is 914 g/mol. The Hall–Kier alpha value is -6.18. The maximum absolute atomic E-state index is 17.1. The molecule has 11 rings (SSSR count). The van der Waals surface area contributed by atoms with Crippen molar-refractivity contribution < 1.29 is 32.6 Å². The number of piperidine rings is 3. The van der Waals surface area contributed by atoms with Gasteiger partial charge in [-0.15, -0.1) is 6.42 Å². The van der Waals surface area contributed by atoms with Crippen LogP contribution in [0.4, 0.5) is 30.4 Å². The number of nitrogens with zero attached hydrogens (tertiary/aromatic N) is 6. The van der Waals surface area contributed by atoms with E-state index in [1.807, 2.05) is 0 Å². The molecule has 0 spiro atoms. The number of nitrogens with one attached hydrogen (secondary N) is 3. The molecule has 16 heteroatoms. The number of fused-ring (bicyclic) bond motifs is 4. The molecule has 3 aromatic carbocycles. The average Bonchev–Trinajstić information content (AvgIpc) is 4.01. The lowest BCUT2D eigenvalue weighted by molar-refractivity contribution is -0.133. The van der Waals surface area contributed by atoms with Crippen LogP contribution in [0, 0.1) is 47.0 Å². The van der Waals surface area contributed by atoms with Crippen molar-refractivity contribution in [2.45, 2.75) is 82.3 Å². The second-order valence-corrected chi connectivity index (χ2v) is 19.8. The third-order valence-electron chi connectivity index (χ3n) is 15.3. The Morgan fingerprint density at radius 1 is 0.881 bits per heavy atom. The highest BCUT2D eigenvalue weighted by Crippen LogP contribution is 2.48. The van der Waals surface area contributed by atoms with E-state index in [-0.39, 0.29) is 69.0 Å². The molecule has 6 fully saturated rings. The van der Waals surface area contributed by atoms with E-state index in [9.17, 15) is 14.7 Å². The lowest BCUT2D eigenvalue weighted by Gasteiger charge is -2.41. The van der Waals surface area contributed by atoms with E-state index in [0.29, 0.717) is 78.0 Å². The molecular formula is C51H54F3N9O4. The fourth-order valence-electron chi connectivity index (χ4n) is 11.5. The first-order chi connectivity index (χ1) is 32.5. The largest absolute Gasteiger partial charge is 0.508 e. The molecule has 1 saturated carbocycles. The van der Waals surface area contributed by atoms with Crippen molar-refractivity contribution in [3.63, 3.8) is 0 Å². The van der Waals surface area contributed by atoms with Gasteiger partial charge in [-0.3, -0.25) is 19.9 Å². The summed E-state index contributed by atoms with van der Waals surface area (Å²) in [6, 6.07) is 10.7. The van der Waals surface area contributed by atoms with Gasteiger partial charge in [0.05, 0.1) is 23.2 Å². The van der Waals surface area contributed by atoms with Crippen molar-refractivity contribution in [1.29, 1.82) is 0 Å².